The Bertz CT molecular complexity index is 504. The third kappa shape index (κ3) is 6.74. The maximum absolute atomic E-state index is 12.6. The maximum Gasteiger partial charge on any atom is 0.240 e. The summed E-state index contributed by atoms with van der Waals surface area (Å²) in [6.07, 6.45) is 3.14. The Hall–Kier alpha value is -1.15. The van der Waals surface area contributed by atoms with Crippen LogP contribution < -0.4 is 10.0 Å². The second-order valence-corrected chi connectivity index (χ2v) is 8.18. The van der Waals surface area contributed by atoms with Crippen LogP contribution in [0, 0.1) is 5.92 Å². The minimum Gasteiger partial charge on any atom is -0.352 e. The summed E-state index contributed by atoms with van der Waals surface area (Å²) in [5.74, 6) is -0.138. The zero-order chi connectivity index (χ0) is 16.9. The topological polar surface area (TPSA) is 95.6 Å². The largest absolute Gasteiger partial charge is 0.352 e. The molecule has 1 aliphatic heterocycles. The van der Waals surface area contributed by atoms with E-state index in [0.717, 1.165) is 19.1 Å². The van der Waals surface area contributed by atoms with E-state index in [1.54, 1.807) is 4.90 Å². The van der Waals surface area contributed by atoms with E-state index < -0.39 is 16.1 Å². The zero-order valence-electron chi connectivity index (χ0n) is 13.8. The van der Waals surface area contributed by atoms with Crippen LogP contribution in [-0.4, -0.2) is 56.6 Å². The van der Waals surface area contributed by atoms with Crippen LogP contribution in [0.3, 0.4) is 0 Å². The predicted octanol–water partition coefficient (Wildman–Crippen LogP) is 0.0774. The average molecular weight is 333 g/mol. The number of hydrogen-bond donors (Lipinski definition) is 2. The molecule has 0 radical (unpaired) electrons. The van der Waals surface area contributed by atoms with Gasteiger partial charge >= 0.3 is 0 Å². The molecule has 1 rings (SSSR count). The van der Waals surface area contributed by atoms with Gasteiger partial charge < -0.3 is 10.2 Å². The predicted molar refractivity (Wildman–Crippen MR) is 84.6 cm³/mol. The highest BCUT2D eigenvalue weighted by Gasteiger charge is 2.31. The number of hydrogen-bond acceptors (Lipinski definition) is 4. The lowest BCUT2D eigenvalue weighted by atomic mass is 10.0. The van der Waals surface area contributed by atoms with E-state index in [1.165, 1.54) is 6.92 Å². The Morgan fingerprint density at radius 2 is 1.95 bits per heavy atom. The molecule has 0 aliphatic carbocycles. The van der Waals surface area contributed by atoms with Crippen LogP contribution in [-0.2, 0) is 19.6 Å². The van der Waals surface area contributed by atoms with Gasteiger partial charge in [-0.1, -0.05) is 13.8 Å². The van der Waals surface area contributed by atoms with Crippen molar-refractivity contribution in [2.45, 2.75) is 52.1 Å². The SMILES string of the molecule is CC(=O)N[C@H]1CCCN(C(=O)[C@H](CC(C)C)NS(C)(=O)=O)C1. The van der Waals surface area contributed by atoms with Crippen molar-refractivity contribution in [2.24, 2.45) is 5.92 Å². The fourth-order valence-electron chi connectivity index (χ4n) is 2.73. The standard InChI is InChI=1S/C14H27N3O4S/c1-10(2)8-13(16-22(4,20)21)14(19)17-7-5-6-12(9-17)15-11(3)18/h10,12-13,16H,5-9H2,1-4H3,(H,15,18)/t12-,13-/m0/s1. The van der Waals surface area contributed by atoms with Crippen LogP contribution in [0.5, 0.6) is 0 Å². The molecule has 2 N–H and O–H groups in total. The lowest BCUT2D eigenvalue weighted by Gasteiger charge is -2.35. The Morgan fingerprint density at radius 3 is 2.45 bits per heavy atom. The number of likely N-dealkylation sites (tertiary alicyclic amines) is 1. The molecule has 0 aromatic rings. The summed E-state index contributed by atoms with van der Waals surface area (Å²) >= 11 is 0. The maximum atomic E-state index is 12.6. The summed E-state index contributed by atoms with van der Waals surface area (Å²) in [5.41, 5.74) is 0. The molecule has 0 bridgehead atoms. The van der Waals surface area contributed by atoms with Gasteiger partial charge in [0.2, 0.25) is 21.8 Å². The van der Waals surface area contributed by atoms with E-state index >= 15 is 0 Å². The van der Waals surface area contributed by atoms with Crippen molar-refractivity contribution in [3.8, 4) is 0 Å². The quantitative estimate of drug-likeness (QED) is 0.719. The van der Waals surface area contributed by atoms with E-state index in [1.807, 2.05) is 13.8 Å². The number of amides is 2. The monoisotopic (exact) mass is 333 g/mol. The van der Waals surface area contributed by atoms with E-state index in [4.69, 9.17) is 0 Å². The molecule has 0 unspecified atom stereocenters. The van der Waals surface area contributed by atoms with E-state index in [0.29, 0.717) is 19.5 Å². The molecule has 8 heteroatoms. The molecule has 1 fully saturated rings. The molecule has 2 amide bonds. The highest BCUT2D eigenvalue weighted by atomic mass is 32.2. The first kappa shape index (κ1) is 18.9. The fraction of sp³-hybridized carbons (Fsp3) is 0.857. The molecule has 2 atom stereocenters. The minimum absolute atomic E-state index is 0.0619. The van der Waals surface area contributed by atoms with Gasteiger partial charge in [0.15, 0.2) is 0 Å². The van der Waals surface area contributed by atoms with Gasteiger partial charge in [-0.25, -0.2) is 13.1 Å². The lowest BCUT2D eigenvalue weighted by Crippen LogP contribution is -2.55. The summed E-state index contributed by atoms with van der Waals surface area (Å²) < 4.78 is 25.4. The molecule has 22 heavy (non-hydrogen) atoms. The molecular weight excluding hydrogens is 306 g/mol. The molecule has 0 aromatic heterocycles. The molecule has 1 saturated heterocycles. The highest BCUT2D eigenvalue weighted by Crippen LogP contribution is 2.15. The number of nitrogens with one attached hydrogen (secondary N) is 2. The van der Waals surface area contributed by atoms with Gasteiger partial charge in [0.05, 0.1) is 6.26 Å². The average Bonchev–Trinajstić information content (AvgIpc) is 2.34. The first-order valence-electron chi connectivity index (χ1n) is 7.61. The highest BCUT2D eigenvalue weighted by molar-refractivity contribution is 7.88. The van der Waals surface area contributed by atoms with Crippen molar-refractivity contribution in [1.29, 1.82) is 0 Å². The Balaban J connectivity index is 2.77. The lowest BCUT2D eigenvalue weighted by molar-refractivity contribution is -0.135. The summed E-state index contributed by atoms with van der Waals surface area (Å²) in [4.78, 5) is 25.4. The van der Waals surface area contributed by atoms with Gasteiger partial charge in [0.25, 0.3) is 0 Å². The van der Waals surface area contributed by atoms with Gasteiger partial charge in [0, 0.05) is 26.1 Å². The van der Waals surface area contributed by atoms with E-state index in [2.05, 4.69) is 10.0 Å². The van der Waals surface area contributed by atoms with Gasteiger partial charge in [-0.15, -0.1) is 0 Å². The minimum atomic E-state index is -3.45. The summed E-state index contributed by atoms with van der Waals surface area (Å²) in [6.45, 7) is 6.36. The number of carbonyl (C=O) groups excluding carboxylic acids is 2. The van der Waals surface area contributed by atoms with Crippen molar-refractivity contribution in [2.75, 3.05) is 19.3 Å². The first-order chi connectivity index (χ1) is 10.1. The number of carbonyl (C=O) groups is 2. The molecule has 1 heterocycles. The zero-order valence-corrected chi connectivity index (χ0v) is 14.6. The number of piperidine rings is 1. The Labute approximate surface area is 132 Å². The van der Waals surface area contributed by atoms with Crippen molar-refractivity contribution in [3.63, 3.8) is 0 Å². The smallest absolute Gasteiger partial charge is 0.240 e. The van der Waals surface area contributed by atoms with Crippen LogP contribution in [0.25, 0.3) is 0 Å². The van der Waals surface area contributed by atoms with Gasteiger partial charge in [0.1, 0.15) is 6.04 Å². The molecule has 1 aliphatic rings. The van der Waals surface area contributed by atoms with E-state index in [-0.39, 0.29) is 23.8 Å². The molecule has 128 valence electrons. The van der Waals surface area contributed by atoms with Gasteiger partial charge in [-0.3, -0.25) is 9.59 Å². The third-order valence-electron chi connectivity index (χ3n) is 3.50. The fourth-order valence-corrected chi connectivity index (χ4v) is 3.45. The van der Waals surface area contributed by atoms with E-state index in [9.17, 15) is 18.0 Å². The summed E-state index contributed by atoms with van der Waals surface area (Å²) in [6, 6.07) is -0.806. The second-order valence-electron chi connectivity index (χ2n) is 6.40. The van der Waals surface area contributed by atoms with Gasteiger partial charge in [-0.2, -0.15) is 0 Å². The Morgan fingerprint density at radius 1 is 1.32 bits per heavy atom. The third-order valence-corrected chi connectivity index (χ3v) is 4.21. The molecule has 0 spiro atoms. The van der Waals surface area contributed by atoms with Crippen molar-refractivity contribution < 1.29 is 18.0 Å². The summed E-state index contributed by atoms with van der Waals surface area (Å²) in [5, 5.41) is 2.82. The van der Waals surface area contributed by atoms with Gasteiger partial charge in [-0.05, 0) is 25.2 Å². The number of nitrogens with zero attached hydrogens (tertiary/aromatic N) is 1. The molecular formula is C14H27N3O4S. The summed E-state index contributed by atoms with van der Waals surface area (Å²) in [7, 11) is -3.45. The van der Waals surface area contributed by atoms with Crippen LogP contribution in [0.4, 0.5) is 0 Å². The van der Waals surface area contributed by atoms with Crippen LogP contribution in [0.2, 0.25) is 0 Å². The molecule has 0 saturated carbocycles. The van der Waals surface area contributed by atoms with Crippen molar-refractivity contribution >= 4 is 21.8 Å². The normalized spacial score (nSPS) is 20.8. The van der Waals surface area contributed by atoms with Crippen LogP contribution in [0.1, 0.15) is 40.0 Å². The van der Waals surface area contributed by atoms with Crippen LogP contribution in [0.15, 0.2) is 0 Å². The van der Waals surface area contributed by atoms with Crippen LogP contribution >= 0.6 is 0 Å². The molecule has 0 aromatic carbocycles. The number of rotatable bonds is 6. The molecule has 7 nitrogen and oxygen atoms in total. The first-order valence-corrected chi connectivity index (χ1v) is 9.51. The van der Waals surface area contributed by atoms with Crippen molar-refractivity contribution in [3.05, 3.63) is 0 Å². The number of sulfonamides is 1. The Kier molecular flexibility index (Phi) is 6.80. The van der Waals surface area contributed by atoms with Crippen molar-refractivity contribution in [1.82, 2.24) is 14.9 Å². The second kappa shape index (κ2) is 7.92.